The lowest BCUT2D eigenvalue weighted by molar-refractivity contribution is 0.415. The van der Waals surface area contributed by atoms with Gasteiger partial charge < -0.3 is 15.8 Å². The fourth-order valence-electron chi connectivity index (χ4n) is 1.81. The van der Waals surface area contributed by atoms with Gasteiger partial charge in [-0.05, 0) is 36.0 Å². The second kappa shape index (κ2) is 5.34. The second-order valence-electron chi connectivity index (χ2n) is 4.06. The van der Waals surface area contributed by atoms with Crippen molar-refractivity contribution in [1.82, 2.24) is 0 Å². The molecule has 2 rings (SSSR count). The Morgan fingerprint density at radius 3 is 3.12 bits per heavy atom. The summed E-state index contributed by atoms with van der Waals surface area (Å²) in [5, 5.41) is 3.41. The van der Waals surface area contributed by atoms with Crippen molar-refractivity contribution in [1.29, 1.82) is 0 Å². The first-order valence-electron chi connectivity index (χ1n) is 5.54. The average molecular weight is 238 g/mol. The highest BCUT2D eigenvalue weighted by molar-refractivity contribution is 7.99. The number of nitrogens with two attached hydrogens (primary N) is 1. The summed E-state index contributed by atoms with van der Waals surface area (Å²) in [5.41, 5.74) is 7.67. The van der Waals surface area contributed by atoms with Crippen LogP contribution < -0.4 is 15.8 Å². The fourth-order valence-corrected chi connectivity index (χ4v) is 3.10. The maximum atomic E-state index is 5.91. The third kappa shape index (κ3) is 2.76. The van der Waals surface area contributed by atoms with Gasteiger partial charge in [0.05, 0.1) is 18.5 Å². The molecule has 3 nitrogen and oxygen atoms in total. The maximum absolute atomic E-state index is 5.91. The van der Waals surface area contributed by atoms with E-state index in [0.29, 0.717) is 0 Å². The van der Waals surface area contributed by atoms with Crippen LogP contribution in [-0.2, 0) is 0 Å². The number of nitrogens with one attached hydrogen (secondary N) is 1. The molecule has 16 heavy (non-hydrogen) atoms. The Morgan fingerprint density at radius 2 is 2.44 bits per heavy atom. The summed E-state index contributed by atoms with van der Waals surface area (Å²) in [7, 11) is 1.67. The van der Waals surface area contributed by atoms with E-state index in [0.717, 1.165) is 29.6 Å². The van der Waals surface area contributed by atoms with Crippen LogP contribution in [0.5, 0.6) is 5.75 Å². The van der Waals surface area contributed by atoms with E-state index in [1.165, 1.54) is 17.9 Å². The van der Waals surface area contributed by atoms with Gasteiger partial charge in [0, 0.05) is 12.6 Å². The second-order valence-corrected chi connectivity index (χ2v) is 5.21. The van der Waals surface area contributed by atoms with Crippen LogP contribution in [0.15, 0.2) is 18.2 Å². The molecule has 1 saturated heterocycles. The van der Waals surface area contributed by atoms with E-state index >= 15 is 0 Å². The number of ether oxygens (including phenoxy) is 1. The van der Waals surface area contributed by atoms with Crippen LogP contribution in [0, 0.1) is 5.92 Å². The van der Waals surface area contributed by atoms with Gasteiger partial charge in [0.1, 0.15) is 5.75 Å². The number of anilines is 2. The molecule has 0 aliphatic carbocycles. The summed E-state index contributed by atoms with van der Waals surface area (Å²) in [6, 6.07) is 5.72. The molecular weight excluding hydrogens is 220 g/mol. The molecule has 0 amide bonds. The minimum Gasteiger partial charge on any atom is -0.497 e. The van der Waals surface area contributed by atoms with E-state index in [2.05, 4.69) is 5.32 Å². The van der Waals surface area contributed by atoms with Crippen LogP contribution >= 0.6 is 11.8 Å². The molecule has 1 atom stereocenters. The van der Waals surface area contributed by atoms with E-state index in [-0.39, 0.29) is 0 Å². The van der Waals surface area contributed by atoms with Crippen molar-refractivity contribution in [2.24, 2.45) is 5.92 Å². The van der Waals surface area contributed by atoms with Crippen LogP contribution in [0.4, 0.5) is 11.4 Å². The Morgan fingerprint density at radius 1 is 1.56 bits per heavy atom. The van der Waals surface area contributed by atoms with Gasteiger partial charge in [0.15, 0.2) is 0 Å². The van der Waals surface area contributed by atoms with E-state index in [4.69, 9.17) is 10.5 Å². The Bertz CT molecular complexity index is 351. The van der Waals surface area contributed by atoms with Crippen molar-refractivity contribution in [2.75, 3.05) is 36.2 Å². The van der Waals surface area contributed by atoms with Crippen molar-refractivity contribution in [3.8, 4) is 5.75 Å². The first kappa shape index (κ1) is 11.5. The lowest BCUT2D eigenvalue weighted by Gasteiger charge is -2.14. The van der Waals surface area contributed by atoms with Gasteiger partial charge >= 0.3 is 0 Å². The standard InChI is InChI=1S/C12H18N2OS/c1-15-10-2-3-11(13)12(6-10)14-7-9-4-5-16-8-9/h2-3,6,9,14H,4-5,7-8,13H2,1H3. The zero-order chi connectivity index (χ0) is 11.4. The number of nitrogen functional groups attached to an aromatic ring is 1. The number of benzene rings is 1. The molecule has 0 radical (unpaired) electrons. The zero-order valence-corrected chi connectivity index (χ0v) is 10.3. The summed E-state index contributed by atoms with van der Waals surface area (Å²) in [5.74, 6) is 4.17. The predicted molar refractivity (Wildman–Crippen MR) is 71.3 cm³/mol. The summed E-state index contributed by atoms with van der Waals surface area (Å²) in [4.78, 5) is 0. The summed E-state index contributed by atoms with van der Waals surface area (Å²) in [6.45, 7) is 1.00. The number of rotatable bonds is 4. The third-order valence-electron chi connectivity index (χ3n) is 2.87. The molecule has 1 fully saturated rings. The Labute approximate surface area is 101 Å². The zero-order valence-electron chi connectivity index (χ0n) is 9.53. The predicted octanol–water partition coefficient (Wildman–Crippen LogP) is 2.44. The number of thioether (sulfide) groups is 1. The smallest absolute Gasteiger partial charge is 0.121 e. The van der Waals surface area contributed by atoms with Gasteiger partial charge in [-0.25, -0.2) is 0 Å². The SMILES string of the molecule is COc1ccc(N)c(NCC2CCSC2)c1. The van der Waals surface area contributed by atoms with Crippen molar-refractivity contribution >= 4 is 23.1 Å². The summed E-state index contributed by atoms with van der Waals surface area (Å²) in [6.07, 6.45) is 1.31. The first-order valence-corrected chi connectivity index (χ1v) is 6.70. The molecule has 88 valence electrons. The molecule has 1 unspecified atom stereocenters. The molecule has 1 heterocycles. The molecule has 4 heteroatoms. The molecule has 0 saturated carbocycles. The lowest BCUT2D eigenvalue weighted by Crippen LogP contribution is -2.14. The molecule has 1 aliphatic rings. The Kier molecular flexibility index (Phi) is 3.83. The molecule has 1 aliphatic heterocycles. The molecule has 3 N–H and O–H groups in total. The summed E-state index contributed by atoms with van der Waals surface area (Å²) >= 11 is 2.03. The van der Waals surface area contributed by atoms with Gasteiger partial charge in [-0.3, -0.25) is 0 Å². The van der Waals surface area contributed by atoms with Gasteiger partial charge in [0.25, 0.3) is 0 Å². The topological polar surface area (TPSA) is 47.3 Å². The average Bonchev–Trinajstić information content (AvgIpc) is 2.81. The van der Waals surface area contributed by atoms with Gasteiger partial charge in [-0.1, -0.05) is 0 Å². The highest BCUT2D eigenvalue weighted by Gasteiger charge is 2.15. The van der Waals surface area contributed by atoms with Crippen molar-refractivity contribution in [3.63, 3.8) is 0 Å². The minimum atomic E-state index is 0.774. The fraction of sp³-hybridized carbons (Fsp3) is 0.500. The highest BCUT2D eigenvalue weighted by atomic mass is 32.2. The van der Waals surface area contributed by atoms with Crippen molar-refractivity contribution in [3.05, 3.63) is 18.2 Å². The molecule has 0 aromatic heterocycles. The van der Waals surface area contributed by atoms with Crippen LogP contribution in [-0.4, -0.2) is 25.2 Å². The molecular formula is C12H18N2OS. The first-order chi connectivity index (χ1) is 7.79. The molecule has 0 spiro atoms. The molecule has 1 aromatic rings. The molecule has 1 aromatic carbocycles. The lowest BCUT2D eigenvalue weighted by atomic mass is 10.1. The van der Waals surface area contributed by atoms with Crippen LogP contribution in [0.2, 0.25) is 0 Å². The van der Waals surface area contributed by atoms with Gasteiger partial charge in [-0.2, -0.15) is 11.8 Å². The Hall–Kier alpha value is -1.03. The number of methoxy groups -OCH3 is 1. The number of hydrogen-bond donors (Lipinski definition) is 2. The quantitative estimate of drug-likeness (QED) is 0.791. The van der Waals surface area contributed by atoms with E-state index in [1.54, 1.807) is 7.11 Å². The normalized spacial score (nSPS) is 19.7. The summed E-state index contributed by atoms with van der Waals surface area (Å²) < 4.78 is 5.18. The minimum absolute atomic E-state index is 0.774. The molecule has 0 bridgehead atoms. The third-order valence-corrected chi connectivity index (χ3v) is 4.10. The Balaban J connectivity index is 1.96. The monoisotopic (exact) mass is 238 g/mol. The van der Waals surface area contributed by atoms with Crippen molar-refractivity contribution in [2.45, 2.75) is 6.42 Å². The highest BCUT2D eigenvalue weighted by Crippen LogP contribution is 2.27. The number of hydrogen-bond acceptors (Lipinski definition) is 4. The van der Waals surface area contributed by atoms with E-state index < -0.39 is 0 Å². The van der Waals surface area contributed by atoms with Crippen LogP contribution in [0.25, 0.3) is 0 Å². The largest absolute Gasteiger partial charge is 0.497 e. The van der Waals surface area contributed by atoms with E-state index in [9.17, 15) is 0 Å². The van der Waals surface area contributed by atoms with Crippen LogP contribution in [0.1, 0.15) is 6.42 Å². The maximum Gasteiger partial charge on any atom is 0.121 e. The van der Waals surface area contributed by atoms with Crippen molar-refractivity contribution < 1.29 is 4.74 Å². The van der Waals surface area contributed by atoms with Gasteiger partial charge in [0.2, 0.25) is 0 Å². The van der Waals surface area contributed by atoms with E-state index in [1.807, 2.05) is 30.0 Å². The van der Waals surface area contributed by atoms with Crippen LogP contribution in [0.3, 0.4) is 0 Å². The van der Waals surface area contributed by atoms with Gasteiger partial charge in [-0.15, -0.1) is 0 Å².